The van der Waals surface area contributed by atoms with Gasteiger partial charge in [0, 0.05) is 18.1 Å². The maximum atomic E-state index is 9.09. The van der Waals surface area contributed by atoms with Crippen LogP contribution in [0.15, 0.2) is 36.4 Å². The van der Waals surface area contributed by atoms with Gasteiger partial charge in [0.2, 0.25) is 0 Å². The molecule has 0 aliphatic heterocycles. The van der Waals surface area contributed by atoms with Gasteiger partial charge in [-0.3, -0.25) is 0 Å². The largest absolute Gasteiger partial charge is 0.496 e. The summed E-state index contributed by atoms with van der Waals surface area (Å²) in [6.45, 7) is 2.30. The van der Waals surface area contributed by atoms with Gasteiger partial charge < -0.3 is 9.84 Å². The van der Waals surface area contributed by atoms with Gasteiger partial charge in [0.15, 0.2) is 0 Å². The normalized spacial score (nSPS) is 12.9. The van der Waals surface area contributed by atoms with E-state index >= 15 is 0 Å². The van der Waals surface area contributed by atoms with Crippen LogP contribution in [0.2, 0.25) is 0 Å². The zero-order valence-electron chi connectivity index (χ0n) is 10.0. The first kappa shape index (κ1) is 12.8. The number of aliphatic hydroxyl groups is 1. The van der Waals surface area contributed by atoms with E-state index in [1.807, 2.05) is 18.2 Å². The minimum atomic E-state index is 0.191. The Morgan fingerprint density at radius 1 is 1.38 bits per heavy atom. The van der Waals surface area contributed by atoms with Crippen molar-refractivity contribution in [1.29, 1.82) is 0 Å². The standard InChI is InChI=1S/C14H20O2/c1-3-4-7-12(10-11-15)13-8-5-6-9-14(13)16-2/h4-9,12,15H,3,10-11H2,1-2H3/b7-4+. The Morgan fingerprint density at radius 2 is 2.12 bits per heavy atom. The molecule has 0 spiro atoms. The number of hydrogen-bond donors (Lipinski definition) is 1. The Balaban J connectivity index is 2.95. The molecule has 0 radical (unpaired) electrons. The number of allylic oxidation sites excluding steroid dienone is 2. The number of para-hydroxylation sites is 1. The van der Waals surface area contributed by atoms with E-state index in [4.69, 9.17) is 9.84 Å². The van der Waals surface area contributed by atoms with Gasteiger partial charge in [0.1, 0.15) is 5.75 Å². The Kier molecular flexibility index (Phi) is 5.65. The summed E-state index contributed by atoms with van der Waals surface area (Å²) >= 11 is 0. The first-order chi connectivity index (χ1) is 7.83. The van der Waals surface area contributed by atoms with Gasteiger partial charge in [-0.15, -0.1) is 0 Å². The maximum absolute atomic E-state index is 9.09. The first-order valence-electron chi connectivity index (χ1n) is 5.73. The van der Waals surface area contributed by atoms with Crippen LogP contribution < -0.4 is 4.74 Å². The monoisotopic (exact) mass is 220 g/mol. The summed E-state index contributed by atoms with van der Waals surface area (Å²) in [4.78, 5) is 0. The molecule has 0 amide bonds. The molecule has 0 saturated carbocycles. The molecule has 0 bridgehead atoms. The van der Waals surface area contributed by atoms with Gasteiger partial charge in [-0.1, -0.05) is 37.3 Å². The Hall–Kier alpha value is -1.28. The fraction of sp³-hybridized carbons (Fsp3) is 0.429. The molecule has 1 rings (SSSR count). The molecule has 0 aromatic heterocycles. The lowest BCUT2D eigenvalue weighted by atomic mass is 9.94. The van der Waals surface area contributed by atoms with E-state index in [0.717, 1.165) is 24.2 Å². The third kappa shape index (κ3) is 3.38. The molecule has 1 N–H and O–H groups in total. The molecule has 16 heavy (non-hydrogen) atoms. The fourth-order valence-electron chi connectivity index (χ4n) is 1.77. The van der Waals surface area contributed by atoms with Crippen LogP contribution >= 0.6 is 0 Å². The summed E-state index contributed by atoms with van der Waals surface area (Å²) in [6, 6.07) is 7.97. The average Bonchev–Trinajstić information content (AvgIpc) is 2.34. The molecule has 88 valence electrons. The van der Waals surface area contributed by atoms with Crippen molar-refractivity contribution in [2.75, 3.05) is 13.7 Å². The second-order valence-electron chi connectivity index (χ2n) is 3.70. The molecule has 1 aromatic rings. The fourth-order valence-corrected chi connectivity index (χ4v) is 1.77. The van der Waals surface area contributed by atoms with Crippen LogP contribution in [0.4, 0.5) is 0 Å². The molecule has 0 fully saturated rings. The number of hydrogen-bond acceptors (Lipinski definition) is 2. The van der Waals surface area contributed by atoms with Crippen LogP contribution in [0.25, 0.3) is 0 Å². The number of methoxy groups -OCH3 is 1. The highest BCUT2D eigenvalue weighted by Crippen LogP contribution is 2.29. The maximum Gasteiger partial charge on any atom is 0.122 e. The van der Waals surface area contributed by atoms with Crippen LogP contribution in [-0.2, 0) is 0 Å². The molecule has 0 saturated heterocycles. The lowest BCUT2D eigenvalue weighted by Gasteiger charge is -2.15. The Morgan fingerprint density at radius 3 is 2.75 bits per heavy atom. The van der Waals surface area contributed by atoms with Gasteiger partial charge in [0.25, 0.3) is 0 Å². The van der Waals surface area contributed by atoms with Gasteiger partial charge in [-0.2, -0.15) is 0 Å². The van der Waals surface area contributed by atoms with Gasteiger partial charge in [-0.25, -0.2) is 0 Å². The molecule has 0 aliphatic carbocycles. The highest BCUT2D eigenvalue weighted by Gasteiger charge is 2.11. The minimum Gasteiger partial charge on any atom is -0.496 e. The summed E-state index contributed by atoms with van der Waals surface area (Å²) in [5, 5.41) is 9.09. The Bertz CT molecular complexity index is 331. The molecule has 2 nitrogen and oxygen atoms in total. The molecule has 1 unspecified atom stereocenters. The lowest BCUT2D eigenvalue weighted by Crippen LogP contribution is -2.01. The van der Waals surface area contributed by atoms with E-state index in [-0.39, 0.29) is 12.5 Å². The molecule has 2 heteroatoms. The molecule has 0 aliphatic rings. The quantitative estimate of drug-likeness (QED) is 0.746. The van der Waals surface area contributed by atoms with E-state index in [2.05, 4.69) is 25.1 Å². The van der Waals surface area contributed by atoms with Crippen molar-refractivity contribution < 1.29 is 9.84 Å². The van der Waals surface area contributed by atoms with Crippen LogP contribution in [0.1, 0.15) is 31.2 Å². The predicted molar refractivity (Wildman–Crippen MR) is 66.9 cm³/mol. The summed E-state index contributed by atoms with van der Waals surface area (Å²) < 4.78 is 5.34. The van der Waals surface area contributed by atoms with Crippen LogP contribution in [-0.4, -0.2) is 18.8 Å². The second-order valence-corrected chi connectivity index (χ2v) is 3.70. The zero-order valence-corrected chi connectivity index (χ0v) is 10.0. The topological polar surface area (TPSA) is 29.5 Å². The molecule has 1 atom stereocenters. The van der Waals surface area contributed by atoms with Crippen molar-refractivity contribution in [2.24, 2.45) is 0 Å². The highest BCUT2D eigenvalue weighted by atomic mass is 16.5. The molecular formula is C14H20O2. The number of ether oxygens (including phenoxy) is 1. The lowest BCUT2D eigenvalue weighted by molar-refractivity contribution is 0.281. The third-order valence-corrected chi connectivity index (χ3v) is 2.58. The van der Waals surface area contributed by atoms with Gasteiger partial charge >= 0.3 is 0 Å². The smallest absolute Gasteiger partial charge is 0.122 e. The summed E-state index contributed by atoms with van der Waals surface area (Å²) in [6.07, 6.45) is 6.02. The van der Waals surface area contributed by atoms with Crippen molar-refractivity contribution in [3.8, 4) is 5.75 Å². The van der Waals surface area contributed by atoms with Crippen molar-refractivity contribution in [3.05, 3.63) is 42.0 Å². The van der Waals surface area contributed by atoms with Gasteiger partial charge in [-0.05, 0) is 18.9 Å². The Labute approximate surface area is 97.6 Å². The number of rotatable bonds is 6. The van der Waals surface area contributed by atoms with E-state index < -0.39 is 0 Å². The average molecular weight is 220 g/mol. The van der Waals surface area contributed by atoms with Crippen molar-refractivity contribution in [2.45, 2.75) is 25.7 Å². The van der Waals surface area contributed by atoms with Crippen LogP contribution in [0, 0.1) is 0 Å². The SMILES string of the molecule is CC/C=C/C(CCO)c1ccccc1OC. The molecule has 1 aromatic carbocycles. The van der Waals surface area contributed by atoms with Crippen molar-refractivity contribution in [3.63, 3.8) is 0 Å². The third-order valence-electron chi connectivity index (χ3n) is 2.58. The van der Waals surface area contributed by atoms with E-state index in [1.54, 1.807) is 7.11 Å². The van der Waals surface area contributed by atoms with Crippen molar-refractivity contribution in [1.82, 2.24) is 0 Å². The van der Waals surface area contributed by atoms with Crippen molar-refractivity contribution >= 4 is 0 Å². The highest BCUT2D eigenvalue weighted by molar-refractivity contribution is 5.38. The van der Waals surface area contributed by atoms with E-state index in [1.165, 1.54) is 0 Å². The summed E-state index contributed by atoms with van der Waals surface area (Å²) in [5.41, 5.74) is 1.14. The number of benzene rings is 1. The van der Waals surface area contributed by atoms with E-state index in [9.17, 15) is 0 Å². The number of aliphatic hydroxyl groups excluding tert-OH is 1. The first-order valence-corrected chi connectivity index (χ1v) is 5.73. The van der Waals surface area contributed by atoms with Crippen LogP contribution in [0.3, 0.4) is 0 Å². The van der Waals surface area contributed by atoms with Gasteiger partial charge in [0.05, 0.1) is 7.11 Å². The minimum absolute atomic E-state index is 0.191. The predicted octanol–water partition coefficient (Wildman–Crippen LogP) is 3.13. The van der Waals surface area contributed by atoms with E-state index in [0.29, 0.717) is 0 Å². The zero-order chi connectivity index (χ0) is 11.8. The summed E-state index contributed by atoms with van der Waals surface area (Å²) in [5.74, 6) is 1.13. The summed E-state index contributed by atoms with van der Waals surface area (Å²) in [7, 11) is 1.68. The molecule has 0 heterocycles. The molecular weight excluding hydrogens is 200 g/mol. The van der Waals surface area contributed by atoms with Crippen LogP contribution in [0.5, 0.6) is 5.75 Å². The second kappa shape index (κ2) is 7.07.